The first-order valence-electron chi connectivity index (χ1n) is 10.7. The maximum absolute atomic E-state index is 12.4. The molecular weight excluding hydrogens is 483 g/mol. The third-order valence-electron chi connectivity index (χ3n) is 4.79. The second kappa shape index (κ2) is 11.4. The van der Waals surface area contributed by atoms with Crippen LogP contribution in [0, 0.1) is 0 Å². The van der Waals surface area contributed by atoms with Crippen molar-refractivity contribution in [2.24, 2.45) is 16.5 Å². The molecule has 1 aromatic heterocycles. The number of aliphatic hydroxyl groups is 1. The Hall–Kier alpha value is -3.32. The molecule has 0 saturated carbocycles. The number of aliphatic hydroxyl groups excluding tert-OH is 1. The van der Waals surface area contributed by atoms with Crippen molar-refractivity contribution >= 4 is 40.8 Å². The number of carbonyl (C=O) groups is 1. The standard InChI is InChI=1S/C22H26F3N7O2S/c1-13(26)10-17(27)29-18-11-19(32-8-6-15(33)7-9-32)31-21(30-18)35-16-4-2-14(3-5-16)28-20(34)12-22(23,24)25/h2-5,10-11,15,33H,6-9,12,26H2,1H3,(H,28,34)(H2,27,29,30,31). The second-order valence-corrected chi connectivity index (χ2v) is 9.02. The van der Waals surface area contributed by atoms with Crippen molar-refractivity contribution in [2.45, 2.75) is 48.5 Å². The molecule has 1 aliphatic heterocycles. The van der Waals surface area contributed by atoms with Crippen LogP contribution >= 0.6 is 11.8 Å². The topological polar surface area (TPSA) is 143 Å². The van der Waals surface area contributed by atoms with Crippen LogP contribution in [0.25, 0.3) is 0 Å². The third kappa shape index (κ3) is 8.76. The Kier molecular flexibility index (Phi) is 8.57. The number of aliphatic imine (C=N–C) groups is 1. The van der Waals surface area contributed by atoms with Crippen LogP contribution in [0.3, 0.4) is 0 Å². The first-order chi connectivity index (χ1) is 16.5. The monoisotopic (exact) mass is 509 g/mol. The van der Waals surface area contributed by atoms with Crippen LogP contribution in [-0.2, 0) is 4.79 Å². The molecule has 1 fully saturated rings. The molecule has 6 N–H and O–H groups in total. The number of anilines is 2. The van der Waals surface area contributed by atoms with Gasteiger partial charge in [-0.3, -0.25) is 4.79 Å². The highest BCUT2D eigenvalue weighted by molar-refractivity contribution is 7.99. The maximum atomic E-state index is 12.4. The lowest BCUT2D eigenvalue weighted by atomic mass is 10.1. The molecule has 1 aliphatic rings. The highest BCUT2D eigenvalue weighted by Gasteiger charge is 2.31. The number of hydrogen-bond donors (Lipinski definition) is 4. The van der Waals surface area contributed by atoms with Crippen LogP contribution in [0.15, 0.2) is 57.1 Å². The summed E-state index contributed by atoms with van der Waals surface area (Å²) >= 11 is 1.22. The molecular formula is C22H26F3N7O2S. The number of amidine groups is 1. The predicted octanol–water partition coefficient (Wildman–Crippen LogP) is 3.33. The summed E-state index contributed by atoms with van der Waals surface area (Å²) in [6.45, 7) is 2.92. The Labute approximate surface area is 204 Å². The van der Waals surface area contributed by atoms with Crippen molar-refractivity contribution in [3.63, 3.8) is 0 Å². The Morgan fingerprint density at radius 3 is 2.51 bits per heavy atom. The number of aromatic nitrogens is 2. The lowest BCUT2D eigenvalue weighted by Crippen LogP contribution is -2.36. The normalized spacial score (nSPS) is 15.9. The van der Waals surface area contributed by atoms with E-state index in [0.29, 0.717) is 53.3 Å². The van der Waals surface area contributed by atoms with Crippen molar-refractivity contribution in [1.29, 1.82) is 0 Å². The van der Waals surface area contributed by atoms with Crippen LogP contribution in [-0.4, -0.2) is 52.2 Å². The van der Waals surface area contributed by atoms with Gasteiger partial charge in [0.25, 0.3) is 0 Å². The molecule has 3 rings (SSSR count). The SMILES string of the molecule is CC(N)=CC(N)=Nc1cc(N2CCC(O)CC2)nc(Sc2ccc(NC(=O)CC(F)(F)F)cc2)n1. The zero-order valence-corrected chi connectivity index (χ0v) is 19.7. The summed E-state index contributed by atoms with van der Waals surface area (Å²) in [5, 5.41) is 12.4. The minimum Gasteiger partial charge on any atom is -0.402 e. The summed E-state index contributed by atoms with van der Waals surface area (Å²) in [5.41, 5.74) is 12.3. The number of nitrogens with two attached hydrogens (primary N) is 2. The molecule has 0 bridgehead atoms. The van der Waals surface area contributed by atoms with Crippen LogP contribution in [0.1, 0.15) is 26.2 Å². The van der Waals surface area contributed by atoms with Gasteiger partial charge in [-0.1, -0.05) is 0 Å². The molecule has 2 aromatic rings. The molecule has 35 heavy (non-hydrogen) atoms. The Bertz CT molecular complexity index is 1100. The predicted molar refractivity (Wildman–Crippen MR) is 129 cm³/mol. The van der Waals surface area contributed by atoms with Crippen molar-refractivity contribution in [1.82, 2.24) is 9.97 Å². The number of nitrogens with one attached hydrogen (secondary N) is 1. The summed E-state index contributed by atoms with van der Waals surface area (Å²) in [7, 11) is 0. The van der Waals surface area contributed by atoms with Crippen molar-refractivity contribution in [2.75, 3.05) is 23.3 Å². The van der Waals surface area contributed by atoms with E-state index < -0.39 is 18.5 Å². The molecule has 0 unspecified atom stereocenters. The number of piperidine rings is 1. The lowest BCUT2D eigenvalue weighted by Gasteiger charge is -2.30. The molecule has 1 amide bonds. The Balaban J connectivity index is 1.81. The van der Waals surface area contributed by atoms with Gasteiger partial charge in [-0.05, 0) is 61.9 Å². The highest BCUT2D eigenvalue weighted by Crippen LogP contribution is 2.31. The smallest absolute Gasteiger partial charge is 0.397 e. The molecule has 1 saturated heterocycles. The fourth-order valence-electron chi connectivity index (χ4n) is 3.26. The van der Waals surface area contributed by atoms with E-state index in [1.54, 1.807) is 25.1 Å². The second-order valence-electron chi connectivity index (χ2n) is 7.98. The number of halogens is 3. The molecule has 188 valence electrons. The van der Waals surface area contributed by atoms with Crippen LogP contribution < -0.4 is 21.7 Å². The van der Waals surface area contributed by atoms with Gasteiger partial charge < -0.3 is 26.8 Å². The zero-order chi connectivity index (χ0) is 25.6. The maximum Gasteiger partial charge on any atom is 0.397 e. The van der Waals surface area contributed by atoms with Gasteiger partial charge >= 0.3 is 6.18 Å². The number of allylic oxidation sites excluding steroid dienone is 1. The minimum absolute atomic E-state index is 0.179. The van der Waals surface area contributed by atoms with E-state index in [2.05, 4.69) is 20.3 Å². The van der Waals surface area contributed by atoms with Gasteiger partial charge in [-0.2, -0.15) is 13.2 Å². The van der Waals surface area contributed by atoms with Gasteiger partial charge in [0.1, 0.15) is 18.1 Å². The zero-order valence-electron chi connectivity index (χ0n) is 18.9. The summed E-state index contributed by atoms with van der Waals surface area (Å²) in [5.74, 6) is 0.00107. The van der Waals surface area contributed by atoms with E-state index >= 15 is 0 Å². The molecule has 0 spiro atoms. The molecule has 0 aliphatic carbocycles. The van der Waals surface area contributed by atoms with Crippen LogP contribution in [0.2, 0.25) is 0 Å². The highest BCUT2D eigenvalue weighted by atomic mass is 32.2. The Morgan fingerprint density at radius 2 is 1.91 bits per heavy atom. The molecule has 0 radical (unpaired) electrons. The van der Waals surface area contributed by atoms with E-state index in [-0.39, 0.29) is 17.6 Å². The molecule has 9 nitrogen and oxygen atoms in total. The van der Waals surface area contributed by atoms with Gasteiger partial charge in [-0.15, -0.1) is 0 Å². The number of alkyl halides is 3. The average molecular weight is 510 g/mol. The van der Waals surface area contributed by atoms with Crippen LogP contribution in [0.5, 0.6) is 0 Å². The number of nitrogens with zero attached hydrogens (tertiary/aromatic N) is 4. The van der Waals surface area contributed by atoms with Crippen molar-refractivity contribution < 1.29 is 23.1 Å². The van der Waals surface area contributed by atoms with E-state index in [9.17, 15) is 23.1 Å². The van der Waals surface area contributed by atoms with Crippen molar-refractivity contribution in [3.8, 4) is 0 Å². The number of hydrogen-bond acceptors (Lipinski definition) is 8. The average Bonchev–Trinajstić information content (AvgIpc) is 2.73. The van der Waals surface area contributed by atoms with Crippen LogP contribution in [0.4, 0.5) is 30.5 Å². The quantitative estimate of drug-likeness (QED) is 0.253. The van der Waals surface area contributed by atoms with Gasteiger partial charge in [0.15, 0.2) is 11.0 Å². The minimum atomic E-state index is -4.57. The third-order valence-corrected chi connectivity index (χ3v) is 5.67. The van der Waals surface area contributed by atoms with E-state index in [0.717, 1.165) is 0 Å². The summed E-state index contributed by atoms with van der Waals surface area (Å²) < 4.78 is 37.1. The lowest BCUT2D eigenvalue weighted by molar-refractivity contribution is -0.150. The largest absolute Gasteiger partial charge is 0.402 e. The molecule has 0 atom stereocenters. The van der Waals surface area contributed by atoms with E-state index in [4.69, 9.17) is 11.5 Å². The van der Waals surface area contributed by atoms with E-state index in [1.165, 1.54) is 30.0 Å². The molecule has 13 heteroatoms. The first-order valence-corrected chi connectivity index (χ1v) is 11.5. The summed E-state index contributed by atoms with van der Waals surface area (Å²) in [6.07, 6.45) is -3.73. The van der Waals surface area contributed by atoms with Gasteiger partial charge in [-0.25, -0.2) is 15.0 Å². The van der Waals surface area contributed by atoms with Gasteiger partial charge in [0, 0.05) is 35.4 Å². The summed E-state index contributed by atoms with van der Waals surface area (Å²) in [4.78, 5) is 27.6. The number of rotatable bonds is 7. The number of carbonyl (C=O) groups excluding carboxylic acids is 1. The van der Waals surface area contributed by atoms with E-state index in [1.807, 2.05) is 4.90 Å². The molecule has 2 heterocycles. The van der Waals surface area contributed by atoms with Crippen molar-refractivity contribution in [3.05, 3.63) is 42.1 Å². The fraction of sp³-hybridized carbons (Fsp3) is 0.364. The van der Waals surface area contributed by atoms with Gasteiger partial charge in [0.2, 0.25) is 5.91 Å². The number of amides is 1. The van der Waals surface area contributed by atoms with Gasteiger partial charge in [0.05, 0.1) is 6.10 Å². The first kappa shape index (κ1) is 26.3. The summed E-state index contributed by atoms with van der Waals surface area (Å²) in [6, 6.07) is 7.97. The Morgan fingerprint density at radius 1 is 1.26 bits per heavy atom. The fourth-order valence-corrected chi connectivity index (χ4v) is 4.02. The number of benzene rings is 1. The molecule has 1 aromatic carbocycles.